The minimum Gasteiger partial charge on any atom is -0.348 e. The maximum atomic E-state index is 12.2. The summed E-state index contributed by atoms with van der Waals surface area (Å²) in [5.41, 5.74) is 1.03. The lowest BCUT2D eigenvalue weighted by Gasteiger charge is -2.20. The molecule has 2 amide bonds. The Kier molecular flexibility index (Phi) is 5.80. The van der Waals surface area contributed by atoms with Crippen LogP contribution in [-0.2, 0) is 16.1 Å². The summed E-state index contributed by atoms with van der Waals surface area (Å²) in [4.78, 5) is 26.5. The van der Waals surface area contributed by atoms with Crippen LogP contribution in [0.15, 0.2) is 24.3 Å². The number of nitrogens with zero attached hydrogens (tertiary/aromatic N) is 1. The molecule has 0 aliphatic heterocycles. The molecule has 2 rings (SSSR count). The minimum atomic E-state index is 0.0201. The molecule has 1 saturated carbocycles. The zero-order valence-corrected chi connectivity index (χ0v) is 13.8. The van der Waals surface area contributed by atoms with E-state index in [2.05, 4.69) is 5.32 Å². The highest BCUT2D eigenvalue weighted by atomic mass is 35.5. The third kappa shape index (κ3) is 5.66. The van der Waals surface area contributed by atoms with E-state index >= 15 is 0 Å². The number of halogens is 1. The Morgan fingerprint density at radius 1 is 1.27 bits per heavy atom. The van der Waals surface area contributed by atoms with Crippen LogP contribution in [0.4, 0.5) is 0 Å². The molecule has 1 aromatic carbocycles. The molecule has 1 fully saturated rings. The molecular formula is C16H23ClN3O2+. The maximum absolute atomic E-state index is 12.2. The zero-order chi connectivity index (χ0) is 16.1. The van der Waals surface area contributed by atoms with Crippen molar-refractivity contribution >= 4 is 23.4 Å². The van der Waals surface area contributed by atoms with Crippen LogP contribution >= 0.6 is 11.6 Å². The lowest BCUT2D eigenvalue weighted by molar-refractivity contribution is -0.863. The Hall–Kier alpha value is -1.59. The molecule has 1 aromatic rings. The second kappa shape index (κ2) is 7.61. The van der Waals surface area contributed by atoms with Crippen molar-refractivity contribution in [3.8, 4) is 0 Å². The molecule has 0 bridgehead atoms. The zero-order valence-electron chi connectivity index (χ0n) is 13.1. The van der Waals surface area contributed by atoms with Gasteiger partial charge in [-0.05, 0) is 30.5 Å². The Labute approximate surface area is 136 Å². The number of carbonyl (C=O) groups is 2. The van der Waals surface area contributed by atoms with E-state index in [0.29, 0.717) is 30.7 Å². The van der Waals surface area contributed by atoms with Gasteiger partial charge in [0.25, 0.3) is 11.8 Å². The molecule has 0 aromatic heterocycles. The third-order valence-electron chi connectivity index (χ3n) is 3.62. The Balaban J connectivity index is 1.74. The molecular weight excluding hydrogens is 302 g/mol. The first-order valence-electron chi connectivity index (χ1n) is 7.53. The molecule has 120 valence electrons. The number of nitrogens with one attached hydrogen (secondary N) is 2. The third-order valence-corrected chi connectivity index (χ3v) is 3.87. The second-order valence-corrected chi connectivity index (χ2v) is 6.47. The summed E-state index contributed by atoms with van der Waals surface area (Å²) in [6.07, 6.45) is 2.15. The van der Waals surface area contributed by atoms with Crippen LogP contribution in [0.1, 0.15) is 18.4 Å². The predicted octanol–water partition coefficient (Wildman–Crippen LogP) is 0.0917. The Bertz CT molecular complexity index is 529. The number of quaternary nitrogens is 1. The minimum absolute atomic E-state index is 0.0201. The SMILES string of the molecule is CN(Cc1ccc(Cl)cc1)C(=O)C[NH+](C)CC(=O)NC1CC1. The van der Waals surface area contributed by atoms with E-state index in [-0.39, 0.29) is 11.8 Å². The fraction of sp³-hybridized carbons (Fsp3) is 0.500. The molecule has 0 radical (unpaired) electrons. The molecule has 22 heavy (non-hydrogen) atoms. The van der Waals surface area contributed by atoms with E-state index in [1.807, 2.05) is 31.3 Å². The van der Waals surface area contributed by atoms with Crippen LogP contribution in [0.3, 0.4) is 0 Å². The molecule has 1 unspecified atom stereocenters. The lowest BCUT2D eigenvalue weighted by Crippen LogP contribution is -3.11. The quantitative estimate of drug-likeness (QED) is 0.747. The number of hydrogen-bond donors (Lipinski definition) is 2. The van der Waals surface area contributed by atoms with Gasteiger partial charge in [-0.3, -0.25) is 9.59 Å². The van der Waals surface area contributed by atoms with Gasteiger partial charge in [-0.2, -0.15) is 0 Å². The van der Waals surface area contributed by atoms with Crippen LogP contribution < -0.4 is 10.2 Å². The smallest absolute Gasteiger partial charge is 0.277 e. The van der Waals surface area contributed by atoms with Crippen molar-refractivity contribution in [3.63, 3.8) is 0 Å². The van der Waals surface area contributed by atoms with E-state index < -0.39 is 0 Å². The summed E-state index contributed by atoms with van der Waals surface area (Å²) in [5.74, 6) is 0.0415. The van der Waals surface area contributed by atoms with E-state index in [1.54, 1.807) is 11.9 Å². The van der Waals surface area contributed by atoms with Crippen molar-refractivity contribution in [1.82, 2.24) is 10.2 Å². The summed E-state index contributed by atoms with van der Waals surface area (Å²) in [6.45, 7) is 1.18. The van der Waals surface area contributed by atoms with Crippen LogP contribution in [0.5, 0.6) is 0 Å². The topological polar surface area (TPSA) is 53.9 Å². The lowest BCUT2D eigenvalue weighted by atomic mass is 10.2. The normalized spacial score (nSPS) is 15.2. The van der Waals surface area contributed by atoms with Crippen LogP contribution in [-0.4, -0.2) is 49.9 Å². The first kappa shape index (κ1) is 16.8. The fourth-order valence-corrected chi connectivity index (χ4v) is 2.31. The number of amides is 2. The van der Waals surface area contributed by atoms with E-state index in [1.165, 1.54) is 0 Å². The monoisotopic (exact) mass is 324 g/mol. The van der Waals surface area contributed by atoms with Gasteiger partial charge in [0.15, 0.2) is 13.1 Å². The molecule has 0 spiro atoms. The number of rotatable bonds is 7. The molecule has 5 nitrogen and oxygen atoms in total. The molecule has 1 aliphatic rings. The summed E-state index contributed by atoms with van der Waals surface area (Å²) in [5, 5.41) is 3.62. The van der Waals surface area contributed by atoms with E-state index in [9.17, 15) is 9.59 Å². The van der Waals surface area contributed by atoms with Gasteiger partial charge >= 0.3 is 0 Å². The van der Waals surface area contributed by atoms with Crippen LogP contribution in [0, 0.1) is 0 Å². The summed E-state index contributed by atoms with van der Waals surface area (Å²) in [6, 6.07) is 7.81. The maximum Gasteiger partial charge on any atom is 0.277 e. The largest absolute Gasteiger partial charge is 0.348 e. The molecule has 0 heterocycles. The average molecular weight is 325 g/mol. The number of hydrogen-bond acceptors (Lipinski definition) is 2. The van der Waals surface area contributed by atoms with Crippen molar-refractivity contribution in [3.05, 3.63) is 34.9 Å². The van der Waals surface area contributed by atoms with Crippen molar-refractivity contribution in [2.75, 3.05) is 27.2 Å². The van der Waals surface area contributed by atoms with Crippen molar-refractivity contribution in [1.29, 1.82) is 0 Å². The number of carbonyl (C=O) groups excluding carboxylic acids is 2. The van der Waals surface area contributed by atoms with Crippen molar-refractivity contribution < 1.29 is 14.5 Å². The molecule has 1 aliphatic carbocycles. The molecule has 2 N–H and O–H groups in total. The first-order valence-corrected chi connectivity index (χ1v) is 7.91. The number of likely N-dealkylation sites (N-methyl/N-ethyl adjacent to an activating group) is 2. The Morgan fingerprint density at radius 2 is 1.91 bits per heavy atom. The predicted molar refractivity (Wildman–Crippen MR) is 85.7 cm³/mol. The van der Waals surface area contributed by atoms with Gasteiger partial charge in [-0.15, -0.1) is 0 Å². The molecule has 0 saturated heterocycles. The molecule has 1 atom stereocenters. The highest BCUT2D eigenvalue weighted by Crippen LogP contribution is 2.18. The fourth-order valence-electron chi connectivity index (χ4n) is 2.19. The highest BCUT2D eigenvalue weighted by Gasteiger charge is 2.25. The van der Waals surface area contributed by atoms with Gasteiger partial charge in [0, 0.05) is 24.7 Å². The second-order valence-electron chi connectivity index (χ2n) is 6.03. The van der Waals surface area contributed by atoms with Gasteiger partial charge in [-0.1, -0.05) is 23.7 Å². The van der Waals surface area contributed by atoms with Gasteiger partial charge in [-0.25, -0.2) is 0 Å². The summed E-state index contributed by atoms with van der Waals surface area (Å²) >= 11 is 5.85. The average Bonchev–Trinajstić information content (AvgIpc) is 3.24. The molecule has 6 heteroatoms. The van der Waals surface area contributed by atoms with Gasteiger partial charge in [0.2, 0.25) is 0 Å². The van der Waals surface area contributed by atoms with Crippen molar-refractivity contribution in [2.45, 2.75) is 25.4 Å². The van der Waals surface area contributed by atoms with Crippen molar-refractivity contribution in [2.24, 2.45) is 0 Å². The van der Waals surface area contributed by atoms with Crippen LogP contribution in [0.25, 0.3) is 0 Å². The van der Waals surface area contributed by atoms with Gasteiger partial charge in [0.05, 0.1) is 7.05 Å². The van der Waals surface area contributed by atoms with Gasteiger partial charge in [0.1, 0.15) is 0 Å². The first-order chi connectivity index (χ1) is 10.4. The van der Waals surface area contributed by atoms with Crippen LogP contribution in [0.2, 0.25) is 5.02 Å². The summed E-state index contributed by atoms with van der Waals surface area (Å²) < 4.78 is 0. The summed E-state index contributed by atoms with van der Waals surface area (Å²) in [7, 11) is 3.63. The highest BCUT2D eigenvalue weighted by molar-refractivity contribution is 6.30. The van der Waals surface area contributed by atoms with E-state index in [4.69, 9.17) is 11.6 Å². The van der Waals surface area contributed by atoms with E-state index in [0.717, 1.165) is 23.3 Å². The number of benzene rings is 1. The van der Waals surface area contributed by atoms with Gasteiger partial charge < -0.3 is 15.1 Å². The Morgan fingerprint density at radius 3 is 2.50 bits per heavy atom. The standard InChI is InChI=1S/C16H22ClN3O2/c1-19(10-15(21)18-14-7-8-14)11-16(22)20(2)9-12-3-5-13(17)6-4-12/h3-6,14H,7-11H2,1-2H3,(H,18,21)/p+1.